The summed E-state index contributed by atoms with van der Waals surface area (Å²) in [6, 6.07) is 0. The number of aryl methyl sites for hydroxylation is 1. The number of fused-ring (bicyclic) bond motifs is 1. The summed E-state index contributed by atoms with van der Waals surface area (Å²) in [5.41, 5.74) is 0.720. The highest BCUT2D eigenvalue weighted by Gasteiger charge is 2.10. The van der Waals surface area contributed by atoms with Gasteiger partial charge in [-0.2, -0.15) is 5.10 Å². The molecule has 0 N–H and O–H groups in total. The summed E-state index contributed by atoms with van der Waals surface area (Å²) in [5, 5.41) is 5.85. The van der Waals surface area contributed by atoms with Gasteiger partial charge >= 0.3 is 0 Å². The lowest BCUT2D eigenvalue weighted by molar-refractivity contribution is 0.454. The lowest BCUT2D eigenvalue weighted by atomic mass is 10.4. The predicted molar refractivity (Wildman–Crippen MR) is 67.4 cm³/mol. The number of nitrogens with zero attached hydrogens (tertiary/aromatic N) is 5. The summed E-state index contributed by atoms with van der Waals surface area (Å²) >= 11 is 7.50. The van der Waals surface area contributed by atoms with Crippen LogP contribution in [0.1, 0.15) is 5.82 Å². The van der Waals surface area contributed by atoms with Gasteiger partial charge in [0.05, 0.1) is 23.5 Å². The molecule has 0 aliphatic heterocycles. The fourth-order valence-corrected chi connectivity index (χ4v) is 2.37. The van der Waals surface area contributed by atoms with Crippen LogP contribution in [0, 0.1) is 0 Å². The van der Waals surface area contributed by atoms with Crippen molar-refractivity contribution in [2.75, 3.05) is 0 Å². The highest BCUT2D eigenvalue weighted by Crippen LogP contribution is 2.23. The minimum absolute atomic E-state index is 0.413. The fourth-order valence-electron chi connectivity index (χ4n) is 1.50. The number of rotatable bonds is 3. The maximum Gasteiger partial charge on any atom is 0.255 e. The third-order valence-electron chi connectivity index (χ3n) is 2.33. The zero-order valence-corrected chi connectivity index (χ0v) is 10.9. The largest absolute Gasteiger partial charge is 0.440 e. The number of hydrogen-bond donors (Lipinski definition) is 0. The number of thioether (sulfide) groups is 1. The van der Waals surface area contributed by atoms with Crippen molar-refractivity contribution in [2.45, 2.75) is 11.0 Å². The molecule has 0 radical (unpaired) electrons. The zero-order valence-electron chi connectivity index (χ0n) is 9.37. The van der Waals surface area contributed by atoms with Crippen molar-refractivity contribution >= 4 is 34.4 Å². The van der Waals surface area contributed by atoms with E-state index in [0.29, 0.717) is 22.0 Å². The van der Waals surface area contributed by atoms with E-state index in [9.17, 15) is 0 Å². The molecule has 0 aliphatic rings. The average Bonchev–Trinajstić information content (AvgIpc) is 2.98. The van der Waals surface area contributed by atoms with E-state index in [-0.39, 0.29) is 0 Å². The van der Waals surface area contributed by atoms with E-state index >= 15 is 0 Å². The molecule has 0 bridgehead atoms. The van der Waals surface area contributed by atoms with Crippen molar-refractivity contribution in [3.63, 3.8) is 0 Å². The Balaban J connectivity index is 1.90. The van der Waals surface area contributed by atoms with Gasteiger partial charge in [0, 0.05) is 7.05 Å². The Hall–Kier alpha value is -1.60. The van der Waals surface area contributed by atoms with Crippen LogP contribution in [-0.4, -0.2) is 24.7 Å². The van der Waals surface area contributed by atoms with Crippen molar-refractivity contribution in [3.05, 3.63) is 29.6 Å². The zero-order chi connectivity index (χ0) is 12.5. The molecule has 18 heavy (non-hydrogen) atoms. The topological polar surface area (TPSA) is 69.6 Å². The minimum Gasteiger partial charge on any atom is -0.440 e. The summed E-state index contributed by atoms with van der Waals surface area (Å²) in [4.78, 5) is 12.6. The summed E-state index contributed by atoms with van der Waals surface area (Å²) in [6.07, 6.45) is 4.78. The normalized spacial score (nSPS) is 11.2. The second kappa shape index (κ2) is 4.58. The predicted octanol–water partition coefficient (Wildman–Crippen LogP) is 2.30. The number of hydrogen-bond acceptors (Lipinski definition) is 6. The van der Waals surface area contributed by atoms with Crippen molar-refractivity contribution in [3.8, 4) is 0 Å². The lowest BCUT2D eigenvalue weighted by Gasteiger charge is -2.00. The Morgan fingerprint density at radius 2 is 2.33 bits per heavy atom. The molecule has 3 aromatic rings. The Bertz CT molecular complexity index is 681. The molecular formula is C10H8ClN5OS. The monoisotopic (exact) mass is 281 g/mol. The molecule has 0 saturated carbocycles. The fraction of sp³-hybridized carbons (Fsp3) is 0.200. The number of halogens is 1. The Morgan fingerprint density at radius 1 is 1.44 bits per heavy atom. The van der Waals surface area contributed by atoms with Crippen LogP contribution in [0.4, 0.5) is 0 Å². The molecule has 6 nitrogen and oxygen atoms in total. The standard InChI is InChI=1S/C10H8ClN5OS/c1-16-9-6(4-13-16)8(11)14-7(15-9)5-18-10-12-2-3-17-10/h2-4H,5H2,1H3. The van der Waals surface area contributed by atoms with Crippen LogP contribution >= 0.6 is 23.4 Å². The molecule has 3 aromatic heterocycles. The van der Waals surface area contributed by atoms with Crippen molar-refractivity contribution in [2.24, 2.45) is 7.05 Å². The molecule has 0 atom stereocenters. The van der Waals surface area contributed by atoms with Gasteiger partial charge in [-0.1, -0.05) is 23.4 Å². The highest BCUT2D eigenvalue weighted by molar-refractivity contribution is 7.98. The van der Waals surface area contributed by atoms with Gasteiger partial charge < -0.3 is 4.42 Å². The van der Waals surface area contributed by atoms with E-state index in [1.165, 1.54) is 18.0 Å². The molecular weight excluding hydrogens is 274 g/mol. The van der Waals surface area contributed by atoms with Crippen molar-refractivity contribution in [1.82, 2.24) is 24.7 Å². The van der Waals surface area contributed by atoms with Crippen LogP contribution in [0.5, 0.6) is 0 Å². The molecule has 0 saturated heterocycles. The molecule has 0 aliphatic carbocycles. The second-order valence-electron chi connectivity index (χ2n) is 3.52. The maximum atomic E-state index is 6.08. The lowest BCUT2D eigenvalue weighted by Crippen LogP contribution is -1.98. The number of aromatic nitrogens is 5. The van der Waals surface area contributed by atoms with Crippen LogP contribution < -0.4 is 0 Å². The van der Waals surface area contributed by atoms with E-state index in [1.807, 2.05) is 7.05 Å². The van der Waals surface area contributed by atoms with Crippen molar-refractivity contribution < 1.29 is 4.42 Å². The summed E-state index contributed by atoms with van der Waals surface area (Å²) in [6.45, 7) is 0. The van der Waals surface area contributed by atoms with Gasteiger partial charge in [-0.25, -0.2) is 15.0 Å². The van der Waals surface area contributed by atoms with Crippen LogP contribution in [-0.2, 0) is 12.8 Å². The van der Waals surface area contributed by atoms with Crippen molar-refractivity contribution in [1.29, 1.82) is 0 Å². The van der Waals surface area contributed by atoms with Crippen LogP contribution in [0.3, 0.4) is 0 Å². The first-order valence-electron chi connectivity index (χ1n) is 5.10. The summed E-state index contributed by atoms with van der Waals surface area (Å²) < 4.78 is 6.80. The summed E-state index contributed by atoms with van der Waals surface area (Å²) in [5.74, 6) is 1.17. The van der Waals surface area contributed by atoms with Gasteiger partial charge in [0.1, 0.15) is 17.2 Å². The molecule has 0 unspecified atom stereocenters. The van der Waals surface area contributed by atoms with Gasteiger partial charge in [0.15, 0.2) is 5.65 Å². The molecule has 0 fully saturated rings. The second-order valence-corrected chi connectivity index (χ2v) is 4.81. The molecule has 0 aromatic carbocycles. The van der Waals surface area contributed by atoms with E-state index < -0.39 is 0 Å². The Kier molecular flexibility index (Phi) is 2.92. The minimum atomic E-state index is 0.413. The average molecular weight is 282 g/mol. The Labute approximate surface area is 111 Å². The highest BCUT2D eigenvalue weighted by atomic mass is 35.5. The molecule has 3 heterocycles. The molecule has 0 amide bonds. The van der Waals surface area contributed by atoms with Crippen LogP contribution in [0.15, 0.2) is 28.3 Å². The SMILES string of the molecule is Cn1ncc2c(Cl)nc(CSc3ncco3)nc21. The first-order valence-corrected chi connectivity index (χ1v) is 6.47. The van der Waals surface area contributed by atoms with E-state index in [0.717, 1.165) is 11.0 Å². The smallest absolute Gasteiger partial charge is 0.255 e. The van der Waals surface area contributed by atoms with Crippen LogP contribution in [0.25, 0.3) is 11.0 Å². The van der Waals surface area contributed by atoms with E-state index in [2.05, 4.69) is 20.1 Å². The van der Waals surface area contributed by atoms with E-state index in [1.54, 1.807) is 17.1 Å². The summed E-state index contributed by atoms with van der Waals surface area (Å²) in [7, 11) is 1.82. The van der Waals surface area contributed by atoms with Crippen LogP contribution in [0.2, 0.25) is 5.15 Å². The quantitative estimate of drug-likeness (QED) is 0.542. The van der Waals surface area contributed by atoms with Gasteiger partial charge in [-0.15, -0.1) is 0 Å². The van der Waals surface area contributed by atoms with Gasteiger partial charge in [0.2, 0.25) is 0 Å². The first-order chi connectivity index (χ1) is 8.74. The third-order valence-corrected chi connectivity index (χ3v) is 3.47. The number of oxazole rings is 1. The third kappa shape index (κ3) is 2.06. The maximum absolute atomic E-state index is 6.08. The molecule has 0 spiro atoms. The Morgan fingerprint density at radius 3 is 3.11 bits per heavy atom. The van der Waals surface area contributed by atoms with Gasteiger partial charge in [-0.05, 0) is 0 Å². The molecule has 92 valence electrons. The van der Waals surface area contributed by atoms with E-state index in [4.69, 9.17) is 16.0 Å². The van der Waals surface area contributed by atoms with Gasteiger partial charge in [-0.3, -0.25) is 4.68 Å². The molecule has 8 heteroatoms. The van der Waals surface area contributed by atoms with Gasteiger partial charge in [0.25, 0.3) is 5.22 Å². The first kappa shape index (κ1) is 11.5. The molecule has 3 rings (SSSR count).